The van der Waals surface area contributed by atoms with Gasteiger partial charge in [-0.3, -0.25) is 9.59 Å². The first-order chi connectivity index (χ1) is 12.5. The lowest BCUT2D eigenvalue weighted by molar-refractivity contribution is -0.118. The molecule has 26 heavy (non-hydrogen) atoms. The van der Waals surface area contributed by atoms with E-state index < -0.39 is 0 Å². The van der Waals surface area contributed by atoms with Crippen molar-refractivity contribution in [1.82, 2.24) is 0 Å². The Labute approximate surface area is 152 Å². The monoisotopic (exact) mass is 348 g/mol. The fourth-order valence-electron chi connectivity index (χ4n) is 2.69. The van der Waals surface area contributed by atoms with Crippen molar-refractivity contribution in [2.24, 2.45) is 0 Å². The molecule has 0 aliphatic heterocycles. The topological polar surface area (TPSA) is 67.4 Å². The van der Waals surface area contributed by atoms with Crippen LogP contribution >= 0.6 is 0 Å². The summed E-state index contributed by atoms with van der Waals surface area (Å²) in [6.45, 7) is 3.19. The van der Waals surface area contributed by atoms with E-state index in [-0.39, 0.29) is 18.4 Å². The molecule has 0 atom stereocenters. The van der Waals surface area contributed by atoms with Crippen LogP contribution in [0.1, 0.15) is 12.5 Å². The van der Waals surface area contributed by atoms with E-state index in [1.165, 1.54) is 6.92 Å². The Morgan fingerprint density at radius 3 is 2.31 bits per heavy atom. The van der Waals surface area contributed by atoms with Gasteiger partial charge >= 0.3 is 0 Å². The molecule has 2 N–H and O–H groups in total. The van der Waals surface area contributed by atoms with Gasteiger partial charge in [0.15, 0.2) is 6.61 Å². The number of rotatable bonds is 5. The molecule has 0 spiro atoms. The summed E-state index contributed by atoms with van der Waals surface area (Å²) < 4.78 is 5.60. The highest BCUT2D eigenvalue weighted by atomic mass is 16.5. The van der Waals surface area contributed by atoms with Crippen molar-refractivity contribution in [1.29, 1.82) is 0 Å². The molecule has 0 aromatic heterocycles. The summed E-state index contributed by atoms with van der Waals surface area (Å²) in [5, 5.41) is 7.74. The second kappa shape index (κ2) is 7.70. The third-order valence-electron chi connectivity index (χ3n) is 4.01. The number of carbonyl (C=O) groups excluding carboxylic acids is 2. The van der Waals surface area contributed by atoms with E-state index in [9.17, 15) is 9.59 Å². The third-order valence-corrected chi connectivity index (χ3v) is 4.01. The van der Waals surface area contributed by atoms with Gasteiger partial charge in [-0.05, 0) is 47.5 Å². The van der Waals surface area contributed by atoms with Crippen LogP contribution in [-0.4, -0.2) is 18.4 Å². The summed E-state index contributed by atoms with van der Waals surface area (Å²) in [5.74, 6) is 0.222. The van der Waals surface area contributed by atoms with Crippen LogP contribution < -0.4 is 15.4 Å². The molecule has 132 valence electrons. The molecule has 5 heteroatoms. The van der Waals surface area contributed by atoms with Crippen molar-refractivity contribution >= 4 is 34.0 Å². The molecule has 3 aromatic carbocycles. The summed E-state index contributed by atoms with van der Waals surface area (Å²) in [7, 11) is 0. The van der Waals surface area contributed by atoms with Crippen LogP contribution in [0.4, 0.5) is 11.4 Å². The predicted octanol–water partition coefficient (Wildman–Crippen LogP) is 4.12. The Morgan fingerprint density at radius 2 is 1.58 bits per heavy atom. The van der Waals surface area contributed by atoms with Crippen LogP contribution in [0, 0.1) is 6.92 Å². The molecule has 0 saturated carbocycles. The van der Waals surface area contributed by atoms with Crippen LogP contribution in [0.5, 0.6) is 5.75 Å². The van der Waals surface area contributed by atoms with Gasteiger partial charge in [0.25, 0.3) is 5.91 Å². The average Bonchev–Trinajstić information content (AvgIpc) is 2.63. The molecular weight excluding hydrogens is 328 g/mol. The zero-order valence-corrected chi connectivity index (χ0v) is 14.7. The SMILES string of the molecule is CC(=O)Nc1cccc(NC(=O)COc2ccc3ccccc3c2)c1C. The lowest BCUT2D eigenvalue weighted by Crippen LogP contribution is -2.21. The molecule has 0 fully saturated rings. The summed E-state index contributed by atoms with van der Waals surface area (Å²) in [4.78, 5) is 23.4. The quantitative estimate of drug-likeness (QED) is 0.729. The second-order valence-corrected chi connectivity index (χ2v) is 6.01. The fraction of sp³-hybridized carbons (Fsp3) is 0.143. The van der Waals surface area contributed by atoms with Gasteiger partial charge in [0.05, 0.1) is 0 Å². The van der Waals surface area contributed by atoms with Crippen LogP contribution in [0.25, 0.3) is 10.8 Å². The molecular formula is C21H20N2O3. The number of ether oxygens (including phenoxy) is 1. The van der Waals surface area contributed by atoms with Crippen LogP contribution in [0.15, 0.2) is 60.7 Å². The zero-order chi connectivity index (χ0) is 18.5. The van der Waals surface area contributed by atoms with E-state index in [0.29, 0.717) is 17.1 Å². The maximum absolute atomic E-state index is 12.2. The Bertz CT molecular complexity index is 966. The summed E-state index contributed by atoms with van der Waals surface area (Å²) in [5.41, 5.74) is 2.11. The lowest BCUT2D eigenvalue weighted by Gasteiger charge is -2.13. The van der Waals surface area contributed by atoms with Crippen molar-refractivity contribution in [2.45, 2.75) is 13.8 Å². The number of amides is 2. The second-order valence-electron chi connectivity index (χ2n) is 6.01. The summed E-state index contributed by atoms with van der Waals surface area (Å²) in [6, 6.07) is 19.0. The molecule has 2 amide bonds. The first-order valence-corrected chi connectivity index (χ1v) is 8.31. The van der Waals surface area contributed by atoms with Crippen LogP contribution in [-0.2, 0) is 9.59 Å². The minimum absolute atomic E-state index is 0.0951. The Morgan fingerprint density at radius 1 is 0.885 bits per heavy atom. The largest absolute Gasteiger partial charge is 0.484 e. The summed E-state index contributed by atoms with van der Waals surface area (Å²) in [6.07, 6.45) is 0. The number of nitrogens with one attached hydrogen (secondary N) is 2. The van der Waals surface area contributed by atoms with Crippen LogP contribution in [0.3, 0.4) is 0 Å². The van der Waals surface area contributed by atoms with Crippen molar-refractivity contribution in [3.05, 3.63) is 66.2 Å². The van der Waals surface area contributed by atoms with Gasteiger partial charge in [0.1, 0.15) is 5.75 Å². The van der Waals surface area contributed by atoms with E-state index >= 15 is 0 Å². The normalized spacial score (nSPS) is 10.4. The lowest BCUT2D eigenvalue weighted by atomic mass is 10.1. The third kappa shape index (κ3) is 4.19. The number of hydrogen-bond donors (Lipinski definition) is 2. The Kier molecular flexibility index (Phi) is 5.17. The minimum atomic E-state index is -0.263. The van der Waals surface area contributed by atoms with E-state index in [1.807, 2.05) is 49.4 Å². The maximum Gasteiger partial charge on any atom is 0.262 e. The first-order valence-electron chi connectivity index (χ1n) is 8.31. The molecule has 0 bridgehead atoms. The molecule has 3 rings (SSSR count). The number of carbonyl (C=O) groups is 2. The van der Waals surface area contributed by atoms with Gasteiger partial charge in [-0.25, -0.2) is 0 Å². The van der Waals surface area contributed by atoms with Gasteiger partial charge < -0.3 is 15.4 Å². The smallest absolute Gasteiger partial charge is 0.262 e. The molecule has 0 heterocycles. The highest BCUT2D eigenvalue weighted by Gasteiger charge is 2.09. The zero-order valence-electron chi connectivity index (χ0n) is 14.7. The van der Waals surface area contributed by atoms with Gasteiger partial charge in [-0.15, -0.1) is 0 Å². The highest BCUT2D eigenvalue weighted by molar-refractivity contribution is 5.95. The van der Waals surface area contributed by atoms with Gasteiger partial charge in [-0.2, -0.15) is 0 Å². The van der Waals surface area contributed by atoms with Gasteiger partial charge in [0.2, 0.25) is 5.91 Å². The molecule has 0 unspecified atom stereocenters. The van der Waals surface area contributed by atoms with E-state index in [4.69, 9.17) is 4.74 Å². The molecule has 3 aromatic rings. The standard InChI is InChI=1S/C21H20N2O3/c1-14-19(22-15(2)24)8-5-9-20(14)23-21(25)13-26-18-11-10-16-6-3-4-7-17(16)12-18/h3-12H,13H2,1-2H3,(H,22,24)(H,23,25). The number of fused-ring (bicyclic) bond motifs is 1. The average molecular weight is 348 g/mol. The maximum atomic E-state index is 12.2. The summed E-state index contributed by atoms with van der Waals surface area (Å²) >= 11 is 0. The molecule has 0 radical (unpaired) electrons. The highest BCUT2D eigenvalue weighted by Crippen LogP contribution is 2.24. The van der Waals surface area contributed by atoms with Crippen molar-refractivity contribution in [3.8, 4) is 5.75 Å². The number of anilines is 2. The van der Waals surface area contributed by atoms with Crippen molar-refractivity contribution < 1.29 is 14.3 Å². The van der Waals surface area contributed by atoms with E-state index in [2.05, 4.69) is 10.6 Å². The van der Waals surface area contributed by atoms with Crippen molar-refractivity contribution in [2.75, 3.05) is 17.2 Å². The predicted molar refractivity (Wildman–Crippen MR) is 104 cm³/mol. The molecule has 0 saturated heterocycles. The van der Waals surface area contributed by atoms with Crippen LogP contribution in [0.2, 0.25) is 0 Å². The van der Waals surface area contributed by atoms with Crippen molar-refractivity contribution in [3.63, 3.8) is 0 Å². The van der Waals surface area contributed by atoms with Gasteiger partial charge in [-0.1, -0.05) is 36.4 Å². The molecule has 0 aliphatic rings. The van der Waals surface area contributed by atoms with E-state index in [0.717, 1.165) is 16.3 Å². The Balaban J connectivity index is 1.64. The molecule has 0 aliphatic carbocycles. The first kappa shape index (κ1) is 17.5. The minimum Gasteiger partial charge on any atom is -0.484 e. The number of hydrogen-bond acceptors (Lipinski definition) is 3. The van der Waals surface area contributed by atoms with Gasteiger partial charge in [0, 0.05) is 18.3 Å². The Hall–Kier alpha value is -3.34. The number of benzene rings is 3. The fourth-order valence-corrected chi connectivity index (χ4v) is 2.69. The molecule has 5 nitrogen and oxygen atoms in total. The van der Waals surface area contributed by atoms with E-state index in [1.54, 1.807) is 18.2 Å².